The molecule has 0 saturated heterocycles. The molecule has 2 N–H and O–H groups in total. The first-order valence-corrected chi connectivity index (χ1v) is 11.5. The molecule has 0 radical (unpaired) electrons. The van der Waals surface area contributed by atoms with Crippen molar-refractivity contribution in [3.63, 3.8) is 0 Å². The predicted molar refractivity (Wildman–Crippen MR) is 131 cm³/mol. The number of carbonyl (C=O) groups excluding carboxylic acids is 2. The van der Waals surface area contributed by atoms with Gasteiger partial charge in [0.15, 0.2) is 0 Å². The maximum Gasteiger partial charge on any atom is 0.240 e. The van der Waals surface area contributed by atoms with Crippen LogP contribution in [0, 0.1) is 13.8 Å². The van der Waals surface area contributed by atoms with E-state index in [-0.39, 0.29) is 24.4 Å². The molecule has 0 unspecified atom stereocenters. The number of aryl methyl sites for hydroxylation is 2. The van der Waals surface area contributed by atoms with E-state index in [1.807, 2.05) is 13.8 Å². The fourth-order valence-corrected chi connectivity index (χ4v) is 4.63. The molecule has 1 aliphatic carbocycles. The summed E-state index contributed by atoms with van der Waals surface area (Å²) in [6.45, 7) is 14.4. The summed E-state index contributed by atoms with van der Waals surface area (Å²) in [5.74, 6) is 0.0589. The Bertz CT molecular complexity index is 1050. The van der Waals surface area contributed by atoms with Crippen LogP contribution >= 0.6 is 0 Å². The highest BCUT2D eigenvalue weighted by molar-refractivity contribution is 5.94. The van der Waals surface area contributed by atoms with Crippen LogP contribution in [0.4, 0.5) is 5.69 Å². The second-order valence-electron chi connectivity index (χ2n) is 9.47. The Morgan fingerprint density at radius 3 is 2.53 bits per heavy atom. The molecule has 2 aromatic rings. The number of hydrogen-bond acceptors (Lipinski definition) is 3. The van der Waals surface area contributed by atoms with Crippen molar-refractivity contribution in [2.45, 2.75) is 79.7 Å². The standard InChI is InChI=1S/C26H36N4O2/c1-15(2)22-11-17(5)23(12-24(22)30(14-31)13-25(32)27-16(3)4)20-9-8-10-21-19(7)28-29-26(21)18(20)6/h11-12,14-16H,8-10,13H2,1-7H3,(H,27,32)(H,28,29). The third-order valence-corrected chi connectivity index (χ3v) is 6.26. The molecule has 1 aliphatic rings. The van der Waals surface area contributed by atoms with Gasteiger partial charge < -0.3 is 10.2 Å². The number of nitrogens with zero attached hydrogens (tertiary/aromatic N) is 2. The highest BCUT2D eigenvalue weighted by Crippen LogP contribution is 2.40. The molecule has 0 saturated carbocycles. The molecule has 1 heterocycles. The predicted octanol–water partition coefficient (Wildman–Crippen LogP) is 4.90. The summed E-state index contributed by atoms with van der Waals surface area (Å²) in [7, 11) is 0. The minimum absolute atomic E-state index is 0.00460. The molecule has 6 heteroatoms. The molecule has 6 nitrogen and oxygen atoms in total. The van der Waals surface area contributed by atoms with Gasteiger partial charge in [-0.05, 0) is 93.7 Å². The fourth-order valence-electron chi connectivity index (χ4n) is 4.63. The molecular formula is C26H36N4O2. The van der Waals surface area contributed by atoms with E-state index >= 15 is 0 Å². The SMILES string of the molecule is CC1=C(c2cc(N(C=O)CC(=O)NC(C)C)c(C(C)C)cc2C)CCCc2c1n[nH]c2C. The zero-order valence-corrected chi connectivity index (χ0v) is 20.4. The molecule has 0 aliphatic heterocycles. The minimum atomic E-state index is -0.162. The second-order valence-corrected chi connectivity index (χ2v) is 9.47. The van der Waals surface area contributed by atoms with Gasteiger partial charge in [-0.25, -0.2) is 0 Å². The molecular weight excluding hydrogens is 400 g/mol. The number of nitrogens with one attached hydrogen (secondary N) is 2. The van der Waals surface area contributed by atoms with Gasteiger partial charge in [-0.2, -0.15) is 5.10 Å². The molecule has 32 heavy (non-hydrogen) atoms. The lowest BCUT2D eigenvalue weighted by Crippen LogP contribution is -2.40. The van der Waals surface area contributed by atoms with Crippen molar-refractivity contribution < 1.29 is 9.59 Å². The van der Waals surface area contributed by atoms with Crippen molar-refractivity contribution in [2.24, 2.45) is 0 Å². The number of anilines is 1. The van der Waals surface area contributed by atoms with Crippen LogP contribution in [0.1, 0.15) is 87.0 Å². The van der Waals surface area contributed by atoms with Gasteiger partial charge in [0.1, 0.15) is 6.54 Å². The summed E-state index contributed by atoms with van der Waals surface area (Å²) >= 11 is 0. The van der Waals surface area contributed by atoms with Gasteiger partial charge in [0.25, 0.3) is 0 Å². The number of carbonyl (C=O) groups is 2. The third-order valence-electron chi connectivity index (χ3n) is 6.26. The number of H-pyrrole nitrogens is 1. The first-order valence-electron chi connectivity index (χ1n) is 11.5. The quantitative estimate of drug-likeness (QED) is 0.606. The van der Waals surface area contributed by atoms with E-state index in [4.69, 9.17) is 0 Å². The van der Waals surface area contributed by atoms with E-state index in [2.05, 4.69) is 62.3 Å². The normalized spacial score (nSPS) is 13.9. The maximum absolute atomic E-state index is 12.4. The van der Waals surface area contributed by atoms with Gasteiger partial charge in [0.05, 0.1) is 5.69 Å². The van der Waals surface area contributed by atoms with Crippen molar-refractivity contribution in [3.05, 3.63) is 45.8 Å². The zero-order valence-electron chi connectivity index (χ0n) is 20.4. The van der Waals surface area contributed by atoms with Crippen LogP contribution in [0.5, 0.6) is 0 Å². The summed E-state index contributed by atoms with van der Waals surface area (Å²) in [5, 5.41) is 10.6. The molecule has 172 valence electrons. The Kier molecular flexibility index (Phi) is 7.22. The van der Waals surface area contributed by atoms with Crippen LogP contribution in [0.2, 0.25) is 0 Å². The van der Waals surface area contributed by atoms with Gasteiger partial charge >= 0.3 is 0 Å². The van der Waals surface area contributed by atoms with Crippen LogP contribution in [0.15, 0.2) is 12.1 Å². The van der Waals surface area contributed by atoms with Gasteiger partial charge in [0, 0.05) is 23.0 Å². The molecule has 0 fully saturated rings. The lowest BCUT2D eigenvalue weighted by atomic mass is 9.88. The number of aromatic amines is 1. The topological polar surface area (TPSA) is 78.1 Å². The number of hydrogen-bond donors (Lipinski definition) is 2. The number of allylic oxidation sites excluding steroid dienone is 2. The van der Waals surface area contributed by atoms with Crippen molar-refractivity contribution in [1.82, 2.24) is 15.5 Å². The lowest BCUT2D eigenvalue weighted by molar-refractivity contribution is -0.121. The van der Waals surface area contributed by atoms with E-state index in [0.717, 1.165) is 53.9 Å². The summed E-state index contributed by atoms with van der Waals surface area (Å²) in [6.07, 6.45) is 3.78. The van der Waals surface area contributed by atoms with Crippen LogP contribution in [0.25, 0.3) is 11.1 Å². The smallest absolute Gasteiger partial charge is 0.240 e. The average molecular weight is 437 g/mol. The zero-order chi connectivity index (χ0) is 23.6. The number of fused-ring (bicyclic) bond motifs is 1. The van der Waals surface area contributed by atoms with E-state index < -0.39 is 0 Å². The van der Waals surface area contributed by atoms with Crippen LogP contribution in [-0.2, 0) is 16.0 Å². The van der Waals surface area contributed by atoms with Crippen LogP contribution < -0.4 is 10.2 Å². The molecule has 0 atom stereocenters. The van der Waals surface area contributed by atoms with Gasteiger partial charge in [0.2, 0.25) is 12.3 Å². The van der Waals surface area contributed by atoms with Crippen molar-refractivity contribution in [3.8, 4) is 0 Å². The Morgan fingerprint density at radius 1 is 1.19 bits per heavy atom. The van der Waals surface area contributed by atoms with Crippen LogP contribution in [0.3, 0.4) is 0 Å². The number of aromatic nitrogens is 2. The monoisotopic (exact) mass is 436 g/mol. The van der Waals surface area contributed by atoms with Gasteiger partial charge in [-0.15, -0.1) is 0 Å². The summed E-state index contributed by atoms with van der Waals surface area (Å²) < 4.78 is 0. The summed E-state index contributed by atoms with van der Waals surface area (Å²) in [5.41, 5.74) is 10.1. The van der Waals surface area contributed by atoms with Gasteiger partial charge in [-0.1, -0.05) is 19.9 Å². The van der Waals surface area contributed by atoms with E-state index in [0.29, 0.717) is 0 Å². The first kappa shape index (κ1) is 23.8. The minimum Gasteiger partial charge on any atom is -0.352 e. The van der Waals surface area contributed by atoms with E-state index in [9.17, 15) is 9.59 Å². The van der Waals surface area contributed by atoms with Gasteiger partial charge in [-0.3, -0.25) is 14.7 Å². The molecule has 0 bridgehead atoms. The van der Waals surface area contributed by atoms with Crippen LogP contribution in [-0.4, -0.2) is 35.1 Å². The Morgan fingerprint density at radius 2 is 1.91 bits per heavy atom. The summed E-state index contributed by atoms with van der Waals surface area (Å²) in [4.78, 5) is 26.0. The largest absolute Gasteiger partial charge is 0.352 e. The Balaban J connectivity index is 2.12. The number of benzene rings is 1. The highest BCUT2D eigenvalue weighted by Gasteiger charge is 2.24. The van der Waals surface area contributed by atoms with E-state index in [1.54, 1.807) is 0 Å². The molecule has 1 aromatic carbocycles. The molecule has 0 spiro atoms. The fraction of sp³-hybridized carbons (Fsp3) is 0.500. The third kappa shape index (κ3) is 4.79. The number of rotatable bonds is 7. The molecule has 3 rings (SSSR count). The second kappa shape index (κ2) is 9.72. The Labute approximate surface area is 191 Å². The molecule has 1 aromatic heterocycles. The Hall–Kier alpha value is -2.89. The van der Waals surface area contributed by atoms with Crippen molar-refractivity contribution in [2.75, 3.05) is 11.4 Å². The van der Waals surface area contributed by atoms with Crippen molar-refractivity contribution in [1.29, 1.82) is 0 Å². The van der Waals surface area contributed by atoms with E-state index in [1.165, 1.54) is 27.2 Å². The number of amides is 2. The lowest BCUT2D eigenvalue weighted by Gasteiger charge is -2.25. The highest BCUT2D eigenvalue weighted by atomic mass is 16.2. The van der Waals surface area contributed by atoms with Crippen molar-refractivity contribution >= 4 is 29.2 Å². The summed E-state index contributed by atoms with van der Waals surface area (Å²) in [6, 6.07) is 4.30. The molecule has 2 amide bonds. The first-order chi connectivity index (χ1) is 15.1. The average Bonchev–Trinajstić information content (AvgIpc) is 3.00. The maximum atomic E-state index is 12.4.